The Kier molecular flexibility index (Phi) is 5.62. The minimum atomic E-state index is 0.107. The molecule has 3 atom stereocenters. The van der Waals surface area contributed by atoms with Crippen LogP contribution in [0.4, 0.5) is 0 Å². The van der Waals surface area contributed by atoms with Crippen LogP contribution < -0.4 is 5.32 Å². The van der Waals surface area contributed by atoms with Gasteiger partial charge in [0.1, 0.15) is 0 Å². The van der Waals surface area contributed by atoms with Gasteiger partial charge in [-0.2, -0.15) is 0 Å². The molecule has 21 heavy (non-hydrogen) atoms. The fourth-order valence-electron chi connectivity index (χ4n) is 2.98. The van der Waals surface area contributed by atoms with Crippen molar-refractivity contribution in [3.05, 3.63) is 0 Å². The molecule has 0 spiro atoms. The molecule has 1 saturated heterocycles. The largest absolute Gasteiger partial charge is 0.377 e. The van der Waals surface area contributed by atoms with E-state index in [9.17, 15) is 9.59 Å². The second kappa shape index (κ2) is 7.25. The molecule has 0 aromatic rings. The van der Waals surface area contributed by atoms with Gasteiger partial charge in [-0.3, -0.25) is 9.59 Å². The van der Waals surface area contributed by atoms with Crippen molar-refractivity contribution in [2.75, 3.05) is 26.3 Å². The molecule has 1 aliphatic carbocycles. The van der Waals surface area contributed by atoms with Gasteiger partial charge in [-0.05, 0) is 24.7 Å². The maximum atomic E-state index is 12.3. The van der Waals surface area contributed by atoms with E-state index in [1.807, 2.05) is 4.90 Å². The van der Waals surface area contributed by atoms with E-state index in [0.29, 0.717) is 44.6 Å². The quantitative estimate of drug-likeness (QED) is 0.806. The molecular weight excluding hydrogens is 268 g/mol. The van der Waals surface area contributed by atoms with Crippen molar-refractivity contribution < 1.29 is 14.3 Å². The predicted molar refractivity (Wildman–Crippen MR) is 80.7 cm³/mol. The molecule has 2 amide bonds. The molecule has 2 fully saturated rings. The second-order valence-corrected chi connectivity index (χ2v) is 6.81. The monoisotopic (exact) mass is 296 g/mol. The maximum Gasteiger partial charge on any atom is 0.224 e. The van der Waals surface area contributed by atoms with E-state index in [1.54, 1.807) is 0 Å². The summed E-state index contributed by atoms with van der Waals surface area (Å²) in [7, 11) is 0. The number of nitrogens with zero attached hydrogens (tertiary/aromatic N) is 1. The SMILES string of the molecule is CC(C)C[C@@H]1COCCN1C(=O)CCNC(=O)[C@H]1C[C@@H]1C. The zero-order chi connectivity index (χ0) is 15.4. The van der Waals surface area contributed by atoms with Gasteiger partial charge in [0.25, 0.3) is 0 Å². The summed E-state index contributed by atoms with van der Waals surface area (Å²) in [6, 6.07) is 0.186. The van der Waals surface area contributed by atoms with Crippen molar-refractivity contribution in [2.24, 2.45) is 17.8 Å². The van der Waals surface area contributed by atoms with Crippen molar-refractivity contribution in [1.29, 1.82) is 0 Å². The second-order valence-electron chi connectivity index (χ2n) is 6.81. The summed E-state index contributed by atoms with van der Waals surface area (Å²) in [5, 5.41) is 2.88. The van der Waals surface area contributed by atoms with Crippen molar-refractivity contribution in [3.8, 4) is 0 Å². The molecule has 120 valence electrons. The molecule has 0 radical (unpaired) electrons. The van der Waals surface area contributed by atoms with Gasteiger partial charge >= 0.3 is 0 Å². The number of amides is 2. The molecule has 2 aliphatic rings. The highest BCUT2D eigenvalue weighted by Crippen LogP contribution is 2.37. The minimum Gasteiger partial charge on any atom is -0.377 e. The summed E-state index contributed by atoms with van der Waals surface area (Å²) < 4.78 is 5.49. The van der Waals surface area contributed by atoms with Crippen molar-refractivity contribution in [3.63, 3.8) is 0 Å². The summed E-state index contributed by atoms with van der Waals surface area (Å²) in [5.74, 6) is 1.47. The molecule has 0 aromatic carbocycles. The van der Waals surface area contributed by atoms with E-state index < -0.39 is 0 Å². The van der Waals surface area contributed by atoms with Crippen molar-refractivity contribution in [2.45, 2.75) is 46.1 Å². The van der Waals surface area contributed by atoms with E-state index >= 15 is 0 Å². The normalized spacial score (nSPS) is 28.6. The molecule has 0 bridgehead atoms. The van der Waals surface area contributed by atoms with Crippen LogP contribution in [0.5, 0.6) is 0 Å². The summed E-state index contributed by atoms with van der Waals surface area (Å²) in [6.07, 6.45) is 2.35. The van der Waals surface area contributed by atoms with Crippen LogP contribution in [-0.2, 0) is 14.3 Å². The van der Waals surface area contributed by atoms with E-state index in [4.69, 9.17) is 4.74 Å². The third kappa shape index (κ3) is 4.70. The first kappa shape index (κ1) is 16.3. The third-order valence-corrected chi connectivity index (χ3v) is 4.38. The number of carbonyl (C=O) groups is 2. The number of hydrogen-bond acceptors (Lipinski definition) is 3. The third-order valence-electron chi connectivity index (χ3n) is 4.38. The van der Waals surface area contributed by atoms with Gasteiger partial charge in [-0.1, -0.05) is 20.8 Å². The summed E-state index contributed by atoms with van der Waals surface area (Å²) in [4.78, 5) is 26.0. The lowest BCUT2D eigenvalue weighted by molar-refractivity contribution is -0.140. The molecular formula is C16H28N2O3. The Labute approximate surface area is 127 Å². The Morgan fingerprint density at radius 2 is 2.10 bits per heavy atom. The Hall–Kier alpha value is -1.10. The fourth-order valence-corrected chi connectivity index (χ4v) is 2.98. The summed E-state index contributed by atoms with van der Waals surface area (Å²) in [6.45, 7) is 8.78. The molecule has 2 rings (SSSR count). The van der Waals surface area contributed by atoms with E-state index in [1.165, 1.54) is 0 Å². The Bertz CT molecular complexity index is 384. The Morgan fingerprint density at radius 3 is 2.71 bits per heavy atom. The molecule has 5 heteroatoms. The first-order valence-electron chi connectivity index (χ1n) is 8.14. The first-order valence-corrected chi connectivity index (χ1v) is 8.14. The Balaban J connectivity index is 1.73. The van der Waals surface area contributed by atoms with Gasteiger partial charge in [0, 0.05) is 25.4 Å². The molecule has 0 unspecified atom stereocenters. The van der Waals surface area contributed by atoms with E-state index in [0.717, 1.165) is 12.8 Å². The van der Waals surface area contributed by atoms with Crippen LogP contribution in [0.15, 0.2) is 0 Å². The zero-order valence-electron chi connectivity index (χ0n) is 13.4. The maximum absolute atomic E-state index is 12.3. The molecule has 1 heterocycles. The van der Waals surface area contributed by atoms with Gasteiger partial charge in [-0.15, -0.1) is 0 Å². The van der Waals surface area contributed by atoms with Gasteiger partial charge in [-0.25, -0.2) is 0 Å². The number of rotatable bonds is 6. The van der Waals surface area contributed by atoms with Crippen LogP contribution in [0.2, 0.25) is 0 Å². The number of hydrogen-bond donors (Lipinski definition) is 1. The van der Waals surface area contributed by atoms with E-state index in [2.05, 4.69) is 26.1 Å². The Morgan fingerprint density at radius 1 is 1.38 bits per heavy atom. The highest BCUT2D eigenvalue weighted by atomic mass is 16.5. The first-order chi connectivity index (χ1) is 9.99. The topological polar surface area (TPSA) is 58.6 Å². The molecule has 1 saturated carbocycles. The smallest absolute Gasteiger partial charge is 0.224 e. The zero-order valence-corrected chi connectivity index (χ0v) is 13.4. The van der Waals surface area contributed by atoms with Crippen LogP contribution in [0.3, 0.4) is 0 Å². The molecule has 5 nitrogen and oxygen atoms in total. The lowest BCUT2D eigenvalue weighted by atomic mass is 10.0. The fraction of sp³-hybridized carbons (Fsp3) is 0.875. The molecule has 1 aliphatic heterocycles. The number of carbonyl (C=O) groups excluding carboxylic acids is 2. The van der Waals surface area contributed by atoms with Crippen LogP contribution >= 0.6 is 0 Å². The molecule has 1 N–H and O–H groups in total. The lowest BCUT2D eigenvalue weighted by Gasteiger charge is -2.36. The number of nitrogens with one attached hydrogen (secondary N) is 1. The van der Waals surface area contributed by atoms with Gasteiger partial charge in [0.05, 0.1) is 19.3 Å². The van der Waals surface area contributed by atoms with Crippen LogP contribution in [0.1, 0.15) is 40.0 Å². The number of morpholine rings is 1. The molecule has 0 aromatic heterocycles. The van der Waals surface area contributed by atoms with Gasteiger partial charge < -0.3 is 15.0 Å². The highest BCUT2D eigenvalue weighted by molar-refractivity contribution is 5.82. The summed E-state index contributed by atoms with van der Waals surface area (Å²) in [5.41, 5.74) is 0. The van der Waals surface area contributed by atoms with Gasteiger partial charge in [0.2, 0.25) is 11.8 Å². The van der Waals surface area contributed by atoms with Gasteiger partial charge in [0.15, 0.2) is 0 Å². The van der Waals surface area contributed by atoms with Crippen LogP contribution in [0.25, 0.3) is 0 Å². The number of ether oxygens (including phenoxy) is 1. The van der Waals surface area contributed by atoms with Crippen molar-refractivity contribution in [1.82, 2.24) is 10.2 Å². The minimum absolute atomic E-state index is 0.107. The average Bonchev–Trinajstić information content (AvgIpc) is 3.15. The van der Waals surface area contributed by atoms with Crippen LogP contribution in [-0.4, -0.2) is 49.1 Å². The standard InChI is InChI=1S/C16H28N2O3/c1-11(2)8-13-10-21-7-6-18(13)15(19)4-5-17-16(20)14-9-12(14)3/h11-14H,4-10H2,1-3H3,(H,17,20)/t12-,13+,14-/m0/s1. The highest BCUT2D eigenvalue weighted by Gasteiger charge is 2.38. The lowest BCUT2D eigenvalue weighted by Crippen LogP contribution is -2.49. The predicted octanol–water partition coefficient (Wildman–Crippen LogP) is 1.42. The average molecular weight is 296 g/mol. The van der Waals surface area contributed by atoms with E-state index in [-0.39, 0.29) is 23.8 Å². The summed E-state index contributed by atoms with van der Waals surface area (Å²) >= 11 is 0. The van der Waals surface area contributed by atoms with Crippen LogP contribution in [0, 0.1) is 17.8 Å². The van der Waals surface area contributed by atoms with Crippen molar-refractivity contribution >= 4 is 11.8 Å².